The van der Waals surface area contributed by atoms with Gasteiger partial charge in [0.25, 0.3) is 0 Å². The van der Waals surface area contributed by atoms with Crippen molar-refractivity contribution in [1.82, 2.24) is 0 Å². The Kier molecular flexibility index (Phi) is 50.1. The largest absolute Gasteiger partial charge is 0.479 e. The van der Waals surface area contributed by atoms with Crippen LogP contribution < -0.4 is 0 Å². The lowest BCUT2D eigenvalue weighted by molar-refractivity contribution is -0.301. The molecule has 1 heterocycles. The summed E-state index contributed by atoms with van der Waals surface area (Å²) in [5, 5.41) is 31.5. The summed E-state index contributed by atoms with van der Waals surface area (Å²) in [4.78, 5) is 51.2. The van der Waals surface area contributed by atoms with E-state index < -0.39 is 67.3 Å². The Morgan fingerprint density at radius 1 is 0.442 bits per heavy atom. The predicted molar refractivity (Wildman–Crippen MR) is 313 cm³/mol. The highest BCUT2D eigenvalue weighted by Gasteiger charge is 2.50. The van der Waals surface area contributed by atoms with E-state index in [0.29, 0.717) is 19.3 Å². The van der Waals surface area contributed by atoms with Crippen molar-refractivity contribution in [3.63, 3.8) is 0 Å². The standard InChI is InChI=1S/C65H116O12/c1-4-7-10-13-16-19-22-25-27-29-31-34-36-39-42-45-48-51-57(66)73-54-56(75-58(67)52-49-46-43-40-38-35-32-30-28-26-23-20-17-14-11-8-5-2)55-74-65-63(61(70)60(69)62(77-65)64(71)72)76-59(68)53-50-47-44-41-37-33-24-21-18-15-12-9-6-3/h7,10,16,19,25,27,56,60-63,65,69-70H,4-6,8-9,11-15,17-18,20-24,26,28-55H2,1-3H3,(H,71,72)/b10-7-,19-16-,27-25-. The Hall–Kier alpha value is -3.06. The normalized spacial score (nSPS) is 18.2. The van der Waals surface area contributed by atoms with Crippen LogP contribution in [-0.4, -0.2) is 89.2 Å². The first-order chi connectivity index (χ1) is 37.6. The van der Waals surface area contributed by atoms with Crippen molar-refractivity contribution in [1.29, 1.82) is 0 Å². The quantitative estimate of drug-likeness (QED) is 0.0228. The van der Waals surface area contributed by atoms with Crippen molar-refractivity contribution in [3.8, 4) is 0 Å². The molecule has 77 heavy (non-hydrogen) atoms. The molecule has 1 fully saturated rings. The Morgan fingerprint density at radius 3 is 1.25 bits per heavy atom. The number of allylic oxidation sites excluding steroid dienone is 6. The van der Waals surface area contributed by atoms with Gasteiger partial charge in [-0.15, -0.1) is 0 Å². The highest BCUT2D eigenvalue weighted by Crippen LogP contribution is 2.27. The Bertz CT molecular complexity index is 1480. The van der Waals surface area contributed by atoms with Gasteiger partial charge in [-0.1, -0.05) is 269 Å². The van der Waals surface area contributed by atoms with Crippen molar-refractivity contribution < 1.29 is 58.2 Å². The fourth-order valence-corrected chi connectivity index (χ4v) is 9.86. The molecule has 12 nitrogen and oxygen atoms in total. The van der Waals surface area contributed by atoms with E-state index >= 15 is 0 Å². The van der Waals surface area contributed by atoms with E-state index in [4.69, 9.17) is 23.7 Å². The number of aliphatic hydroxyl groups is 2. The van der Waals surface area contributed by atoms with Crippen LogP contribution in [-0.2, 0) is 42.9 Å². The molecule has 1 aliphatic heterocycles. The molecule has 1 aliphatic rings. The highest BCUT2D eigenvalue weighted by atomic mass is 16.7. The number of carboxylic acids is 1. The Morgan fingerprint density at radius 2 is 0.818 bits per heavy atom. The molecule has 0 aromatic rings. The summed E-state index contributed by atoms with van der Waals surface area (Å²) in [6.07, 6.45) is 51.0. The number of carbonyl (C=O) groups is 4. The summed E-state index contributed by atoms with van der Waals surface area (Å²) in [7, 11) is 0. The summed E-state index contributed by atoms with van der Waals surface area (Å²) >= 11 is 0. The maximum absolute atomic E-state index is 13.2. The van der Waals surface area contributed by atoms with Crippen LogP contribution in [0.2, 0.25) is 0 Å². The first-order valence-electron chi connectivity index (χ1n) is 32.0. The van der Waals surface area contributed by atoms with E-state index in [-0.39, 0.29) is 25.9 Å². The second kappa shape index (κ2) is 53.6. The minimum Gasteiger partial charge on any atom is -0.479 e. The van der Waals surface area contributed by atoms with Gasteiger partial charge in [0.2, 0.25) is 0 Å². The van der Waals surface area contributed by atoms with Crippen LogP contribution in [0, 0.1) is 0 Å². The van der Waals surface area contributed by atoms with Crippen molar-refractivity contribution in [3.05, 3.63) is 36.5 Å². The maximum Gasteiger partial charge on any atom is 0.335 e. The van der Waals surface area contributed by atoms with E-state index in [1.807, 2.05) is 0 Å². The zero-order chi connectivity index (χ0) is 56.1. The first-order valence-corrected chi connectivity index (χ1v) is 32.0. The van der Waals surface area contributed by atoms with Gasteiger partial charge in [0, 0.05) is 19.3 Å². The van der Waals surface area contributed by atoms with Gasteiger partial charge in [0.15, 0.2) is 24.6 Å². The highest BCUT2D eigenvalue weighted by molar-refractivity contribution is 5.74. The van der Waals surface area contributed by atoms with Crippen molar-refractivity contribution >= 4 is 23.9 Å². The fourth-order valence-electron chi connectivity index (χ4n) is 9.86. The van der Waals surface area contributed by atoms with Crippen LogP contribution in [0.4, 0.5) is 0 Å². The molecule has 6 atom stereocenters. The number of esters is 3. The minimum absolute atomic E-state index is 0.0655. The second-order valence-electron chi connectivity index (χ2n) is 22.0. The number of carbonyl (C=O) groups excluding carboxylic acids is 3. The van der Waals surface area contributed by atoms with Gasteiger partial charge in [0.05, 0.1) is 6.61 Å². The molecule has 0 aromatic carbocycles. The monoisotopic (exact) mass is 1090 g/mol. The number of ether oxygens (including phenoxy) is 5. The zero-order valence-corrected chi connectivity index (χ0v) is 49.5. The Balaban J connectivity index is 2.65. The van der Waals surface area contributed by atoms with Crippen LogP contribution in [0.1, 0.15) is 303 Å². The second-order valence-corrected chi connectivity index (χ2v) is 22.0. The van der Waals surface area contributed by atoms with Gasteiger partial charge in [-0.05, 0) is 51.4 Å². The summed E-state index contributed by atoms with van der Waals surface area (Å²) in [5.74, 6) is -3.10. The zero-order valence-electron chi connectivity index (χ0n) is 49.5. The lowest BCUT2D eigenvalue weighted by Gasteiger charge is -2.40. The van der Waals surface area contributed by atoms with Crippen LogP contribution in [0.15, 0.2) is 36.5 Å². The molecule has 0 bridgehead atoms. The molecule has 0 aromatic heterocycles. The molecule has 0 amide bonds. The van der Waals surface area contributed by atoms with Gasteiger partial charge < -0.3 is 39.0 Å². The maximum atomic E-state index is 13.2. The van der Waals surface area contributed by atoms with Gasteiger partial charge in [-0.25, -0.2) is 4.79 Å². The van der Waals surface area contributed by atoms with E-state index in [0.717, 1.165) is 96.3 Å². The number of rotatable bonds is 55. The molecule has 0 saturated carbocycles. The molecule has 0 spiro atoms. The van der Waals surface area contributed by atoms with E-state index in [1.54, 1.807) is 0 Å². The number of aliphatic carboxylic acids is 1. The molecule has 12 heteroatoms. The molecule has 448 valence electrons. The summed E-state index contributed by atoms with van der Waals surface area (Å²) in [6.45, 7) is 5.92. The summed E-state index contributed by atoms with van der Waals surface area (Å²) in [6, 6.07) is 0. The van der Waals surface area contributed by atoms with Crippen LogP contribution in [0.3, 0.4) is 0 Å². The first kappa shape index (κ1) is 72.0. The van der Waals surface area contributed by atoms with Gasteiger partial charge >= 0.3 is 23.9 Å². The molecular weight excluding hydrogens is 973 g/mol. The number of aliphatic hydroxyl groups excluding tert-OH is 2. The molecule has 1 saturated heterocycles. The fraction of sp³-hybridized carbons (Fsp3) is 0.846. The third-order valence-corrected chi connectivity index (χ3v) is 14.7. The van der Waals surface area contributed by atoms with Crippen LogP contribution in [0.25, 0.3) is 0 Å². The van der Waals surface area contributed by atoms with Crippen molar-refractivity contribution in [2.24, 2.45) is 0 Å². The molecule has 1 rings (SSSR count). The SMILES string of the molecule is CC/C=C\C/C=C\C/C=C\CCCCCCCCCC(=O)OCC(COC1OC(C(=O)O)C(O)C(O)C1OC(=O)CCCCCCCCCCCCCCC)OC(=O)CCCCCCCCCCCCCCCCCCC. The number of hydrogen-bond donors (Lipinski definition) is 3. The van der Waals surface area contributed by atoms with Crippen molar-refractivity contribution in [2.75, 3.05) is 13.2 Å². The minimum atomic E-state index is -1.90. The topological polar surface area (TPSA) is 175 Å². The van der Waals surface area contributed by atoms with E-state index in [1.165, 1.54) is 148 Å². The lowest BCUT2D eigenvalue weighted by Crippen LogP contribution is -2.61. The molecule has 6 unspecified atom stereocenters. The van der Waals surface area contributed by atoms with E-state index in [9.17, 15) is 34.5 Å². The number of unbranched alkanes of at least 4 members (excludes halogenated alkanes) is 35. The third kappa shape index (κ3) is 43.4. The predicted octanol–water partition coefficient (Wildman–Crippen LogP) is 16.8. The average molecular weight is 1090 g/mol. The van der Waals surface area contributed by atoms with Gasteiger partial charge in [-0.3, -0.25) is 14.4 Å². The number of hydrogen-bond acceptors (Lipinski definition) is 11. The van der Waals surface area contributed by atoms with Gasteiger partial charge in [0.1, 0.15) is 18.8 Å². The lowest BCUT2D eigenvalue weighted by atomic mass is 9.98. The Labute approximate surface area is 470 Å². The van der Waals surface area contributed by atoms with Crippen LogP contribution >= 0.6 is 0 Å². The van der Waals surface area contributed by atoms with Crippen molar-refractivity contribution in [2.45, 2.75) is 340 Å². The number of carboxylic acid groups (broad SMARTS) is 1. The molecule has 3 N–H and O–H groups in total. The van der Waals surface area contributed by atoms with E-state index in [2.05, 4.69) is 57.2 Å². The molecule has 0 radical (unpaired) electrons. The summed E-state index contributed by atoms with van der Waals surface area (Å²) < 4.78 is 28.5. The third-order valence-electron chi connectivity index (χ3n) is 14.7. The molecule has 0 aliphatic carbocycles. The smallest absolute Gasteiger partial charge is 0.335 e. The van der Waals surface area contributed by atoms with Gasteiger partial charge in [-0.2, -0.15) is 0 Å². The average Bonchev–Trinajstić information content (AvgIpc) is 3.42. The molecular formula is C65H116O12. The van der Waals surface area contributed by atoms with Crippen LogP contribution in [0.5, 0.6) is 0 Å². The summed E-state index contributed by atoms with van der Waals surface area (Å²) in [5.41, 5.74) is 0.